The summed E-state index contributed by atoms with van der Waals surface area (Å²) in [6.07, 6.45) is 22.7. The summed E-state index contributed by atoms with van der Waals surface area (Å²) < 4.78 is 51.9. The minimum absolute atomic E-state index is 0.124. The summed E-state index contributed by atoms with van der Waals surface area (Å²) in [5, 5.41) is 23.1. The first kappa shape index (κ1) is 44.9. The maximum Gasteiger partial charge on any atom is 0.502 e. The molecule has 4 N–H and O–H groups in total. The molecule has 1 aliphatic heterocycles. The van der Waals surface area contributed by atoms with Crippen molar-refractivity contribution in [2.45, 2.75) is 167 Å². The predicted molar refractivity (Wildman–Crippen MR) is 194 cm³/mol. The fourth-order valence-electron chi connectivity index (χ4n) is 6.20. The van der Waals surface area contributed by atoms with Crippen molar-refractivity contribution in [1.29, 1.82) is 0 Å². The molecule has 1 rings (SSSR count). The van der Waals surface area contributed by atoms with Gasteiger partial charge in [0.05, 0.1) is 69.5 Å². The Morgan fingerprint density at radius 2 is 1.13 bits per heavy atom. The summed E-state index contributed by atoms with van der Waals surface area (Å²) in [7, 11) is -2.89. The minimum atomic E-state index is -4.19. The Hall–Kier alpha value is -0.153. The van der Waals surface area contributed by atoms with Crippen molar-refractivity contribution in [2.24, 2.45) is 0 Å². The van der Waals surface area contributed by atoms with Gasteiger partial charge < -0.3 is 33.3 Å². The van der Waals surface area contributed by atoms with Crippen LogP contribution in [0.3, 0.4) is 0 Å². The molecule has 1 heterocycles. The van der Waals surface area contributed by atoms with Crippen molar-refractivity contribution in [3.63, 3.8) is 0 Å². The lowest BCUT2D eigenvalue weighted by Crippen LogP contribution is -2.59. The molecule has 0 bridgehead atoms. The number of aliphatic hydroxyl groups excluding tert-OH is 2. The van der Waals surface area contributed by atoms with Crippen LogP contribution in [0, 0.1) is 0 Å². The number of unbranched alkanes of at least 4 members (excludes halogenated alkanes) is 15. The monoisotopic (exact) mass is 712 g/mol. The van der Waals surface area contributed by atoms with Gasteiger partial charge in [0.2, 0.25) is 0 Å². The van der Waals surface area contributed by atoms with Gasteiger partial charge in [-0.3, -0.25) is 4.55 Å². The van der Waals surface area contributed by atoms with Crippen molar-refractivity contribution in [3.8, 4) is 0 Å². The van der Waals surface area contributed by atoms with Gasteiger partial charge in [-0.15, -0.1) is 0 Å². The zero-order valence-corrected chi connectivity index (χ0v) is 33.2. The maximum atomic E-state index is 11.2. The van der Waals surface area contributed by atoms with Crippen LogP contribution in [0.1, 0.15) is 144 Å². The van der Waals surface area contributed by atoms with Crippen molar-refractivity contribution in [2.75, 3.05) is 59.3 Å². The summed E-state index contributed by atoms with van der Waals surface area (Å²) in [6, 6.07) is 0.596. The van der Waals surface area contributed by atoms with Gasteiger partial charge in [-0.1, -0.05) is 96.8 Å². The third kappa shape index (κ3) is 18.6. The average molecular weight is 712 g/mol. The first-order valence-electron chi connectivity index (χ1n) is 18.7. The highest BCUT2D eigenvalue weighted by atomic mass is 32.2. The van der Waals surface area contributed by atoms with Crippen molar-refractivity contribution in [3.05, 3.63) is 0 Å². The van der Waals surface area contributed by atoms with E-state index in [2.05, 4.69) is 26.3 Å². The predicted octanol–water partition coefficient (Wildman–Crippen LogP) is 6.47. The maximum absolute atomic E-state index is 11.2. The molecule has 0 atom stereocenters. The van der Waals surface area contributed by atoms with Gasteiger partial charge in [0, 0.05) is 19.0 Å². The lowest BCUT2D eigenvalue weighted by atomic mass is 9.90. The summed E-state index contributed by atoms with van der Waals surface area (Å²) in [6.45, 7) is 11.0. The summed E-state index contributed by atoms with van der Waals surface area (Å²) in [5.74, 6) is -0.545. The van der Waals surface area contributed by atoms with Crippen LogP contribution in [0.5, 0.6) is 0 Å². The number of rotatable bonds is 30. The Morgan fingerprint density at radius 1 is 0.723 bits per heavy atom. The first-order chi connectivity index (χ1) is 22.0. The Labute approximate surface area is 290 Å². The Morgan fingerprint density at radius 3 is 1.53 bits per heavy atom. The van der Waals surface area contributed by atoms with Crippen LogP contribution in [-0.4, -0.2) is 113 Å². The highest BCUT2D eigenvalue weighted by Crippen LogP contribution is 2.44. The fourth-order valence-corrected chi connectivity index (χ4v) is 10.2. The number of hydrogen-bond donors (Lipinski definition) is 4. The molecule has 0 aromatic heterocycles. The standard InChI is InChI=1S/C35H74N2O8SSi/c1-8-9-10-11-12-13-14-15-16-17-18-19-20-21-22-23-26-37(6,7)27-24-29-47(44-33(2,3)34(4,5)45-47)43-32-35(30-38,31-39)36-25-28-46(40,41)42/h36,38-39H,8-32H2,1-7H3/p+1. The van der Waals surface area contributed by atoms with E-state index in [1.165, 1.54) is 103 Å². The second kappa shape index (κ2) is 21.9. The molecule has 0 aliphatic carbocycles. The molecule has 0 spiro atoms. The van der Waals surface area contributed by atoms with Gasteiger partial charge in [-0.25, -0.2) is 0 Å². The van der Waals surface area contributed by atoms with Gasteiger partial charge in [-0.2, -0.15) is 8.42 Å². The second-order valence-electron chi connectivity index (χ2n) is 15.8. The van der Waals surface area contributed by atoms with Crippen LogP contribution in [0.25, 0.3) is 0 Å². The van der Waals surface area contributed by atoms with E-state index in [1.54, 1.807) is 0 Å². The number of hydrogen-bond acceptors (Lipinski definition) is 8. The molecule has 12 heteroatoms. The molecule has 0 aromatic rings. The molecule has 1 fully saturated rings. The molecule has 0 saturated carbocycles. The van der Waals surface area contributed by atoms with Crippen LogP contribution in [-0.2, 0) is 23.4 Å². The number of nitrogens with zero attached hydrogens (tertiary/aromatic N) is 1. The molecule has 0 radical (unpaired) electrons. The van der Waals surface area contributed by atoms with E-state index in [0.29, 0.717) is 6.04 Å². The van der Waals surface area contributed by atoms with Gasteiger partial charge in [0.1, 0.15) is 0 Å². The molecule has 10 nitrogen and oxygen atoms in total. The largest absolute Gasteiger partial charge is 0.502 e. The zero-order valence-electron chi connectivity index (χ0n) is 31.4. The Bertz CT molecular complexity index is 913. The van der Waals surface area contributed by atoms with E-state index in [0.717, 1.165) is 24.0 Å². The van der Waals surface area contributed by atoms with Gasteiger partial charge >= 0.3 is 8.80 Å². The summed E-state index contributed by atoms with van der Waals surface area (Å²) >= 11 is 0. The lowest BCUT2D eigenvalue weighted by Gasteiger charge is -2.35. The SMILES string of the molecule is CCCCCCCCCCCCCCCCCC[N+](C)(C)CCC[Si]1(OCC(CO)(CO)NCCS(=O)(=O)O)OC(C)(C)C(C)(C)O1. The molecule has 0 amide bonds. The second-order valence-corrected chi connectivity index (χ2v) is 19.9. The highest BCUT2D eigenvalue weighted by molar-refractivity contribution is 7.85. The first-order valence-corrected chi connectivity index (χ1v) is 22.3. The van der Waals surface area contributed by atoms with Crippen molar-refractivity contribution in [1.82, 2.24) is 5.32 Å². The van der Waals surface area contributed by atoms with Gasteiger partial charge in [-0.05, 0) is 40.5 Å². The smallest absolute Gasteiger partial charge is 0.394 e. The van der Waals surface area contributed by atoms with Crippen molar-refractivity contribution < 1.29 is 40.9 Å². The fraction of sp³-hybridized carbons (Fsp3) is 1.00. The third-order valence-corrected chi connectivity index (χ3v) is 14.1. The van der Waals surface area contributed by atoms with E-state index in [-0.39, 0.29) is 13.2 Å². The summed E-state index contributed by atoms with van der Waals surface area (Å²) in [5.41, 5.74) is -2.51. The van der Waals surface area contributed by atoms with E-state index in [1.807, 2.05) is 27.7 Å². The summed E-state index contributed by atoms with van der Waals surface area (Å²) in [4.78, 5) is 0. The molecular weight excluding hydrogens is 637 g/mol. The topological polar surface area (TPSA) is 135 Å². The Kier molecular flexibility index (Phi) is 20.9. The highest BCUT2D eigenvalue weighted by Gasteiger charge is 2.61. The molecular formula is C35H75N2O8SSi+. The van der Waals surface area contributed by atoms with Crippen LogP contribution in [0.15, 0.2) is 0 Å². The van der Waals surface area contributed by atoms with Crippen LogP contribution >= 0.6 is 0 Å². The number of quaternary nitrogens is 1. The average Bonchev–Trinajstić information content (AvgIpc) is 3.16. The number of nitrogens with one attached hydrogen (secondary N) is 1. The molecule has 0 unspecified atom stereocenters. The zero-order chi connectivity index (χ0) is 35.5. The molecule has 282 valence electrons. The van der Waals surface area contributed by atoms with Crippen LogP contribution in [0.2, 0.25) is 6.04 Å². The molecule has 1 saturated heterocycles. The van der Waals surface area contributed by atoms with E-state index >= 15 is 0 Å². The molecule has 47 heavy (non-hydrogen) atoms. The third-order valence-electron chi connectivity index (χ3n) is 10.2. The quantitative estimate of drug-likeness (QED) is 0.0286. The molecule has 1 aliphatic rings. The van der Waals surface area contributed by atoms with Gasteiger partial charge in [0.15, 0.2) is 0 Å². The van der Waals surface area contributed by atoms with E-state index in [4.69, 9.17) is 17.8 Å². The van der Waals surface area contributed by atoms with Crippen LogP contribution < -0.4 is 5.32 Å². The van der Waals surface area contributed by atoms with Crippen molar-refractivity contribution >= 4 is 18.9 Å². The van der Waals surface area contributed by atoms with Gasteiger partial charge in [0.25, 0.3) is 10.1 Å². The molecule has 0 aromatic carbocycles. The van der Waals surface area contributed by atoms with E-state index in [9.17, 15) is 18.6 Å². The van der Waals surface area contributed by atoms with E-state index < -0.39 is 54.6 Å². The minimum Gasteiger partial charge on any atom is -0.394 e. The lowest BCUT2D eigenvalue weighted by molar-refractivity contribution is -0.890. The number of aliphatic hydroxyl groups is 2. The normalized spacial score (nSPS) is 17.8. The van der Waals surface area contributed by atoms with Crippen LogP contribution in [0.4, 0.5) is 0 Å². The Balaban J connectivity index is 2.43.